The smallest absolute Gasteiger partial charge is 0.253 e. The first-order valence-electron chi connectivity index (χ1n) is 6.01. The Kier molecular flexibility index (Phi) is 4.68. The van der Waals surface area contributed by atoms with Crippen LogP contribution in [0.3, 0.4) is 0 Å². The Labute approximate surface area is 131 Å². The van der Waals surface area contributed by atoms with Crippen LogP contribution in [0.15, 0.2) is 46.9 Å². The summed E-state index contributed by atoms with van der Waals surface area (Å²) in [6, 6.07) is 12.6. The molecule has 3 nitrogen and oxygen atoms in total. The number of benzene rings is 2. The van der Waals surface area contributed by atoms with Crippen LogP contribution in [0.2, 0.25) is 5.02 Å². The lowest BCUT2D eigenvalue weighted by molar-refractivity contribution is 0.0785. The van der Waals surface area contributed by atoms with E-state index in [1.807, 2.05) is 24.3 Å². The molecule has 0 unspecified atom stereocenters. The fourth-order valence-electron chi connectivity index (χ4n) is 1.87. The van der Waals surface area contributed by atoms with E-state index in [-0.39, 0.29) is 5.91 Å². The maximum atomic E-state index is 12.3. The monoisotopic (exact) mass is 352 g/mol. The fourth-order valence-corrected chi connectivity index (χ4v) is 2.73. The van der Waals surface area contributed by atoms with Gasteiger partial charge in [0.25, 0.3) is 5.91 Å². The molecule has 2 N–H and O–H groups in total. The second kappa shape index (κ2) is 6.29. The topological polar surface area (TPSA) is 46.3 Å². The predicted octanol–water partition coefficient (Wildman–Crippen LogP) is 3.96. The van der Waals surface area contributed by atoms with Gasteiger partial charge in [0.15, 0.2) is 0 Å². The minimum Gasteiger partial charge on any atom is -0.399 e. The molecule has 0 spiro atoms. The summed E-state index contributed by atoms with van der Waals surface area (Å²) in [4.78, 5) is 14.0. The molecule has 0 bridgehead atoms. The summed E-state index contributed by atoms with van der Waals surface area (Å²) in [5, 5.41) is 0.531. The van der Waals surface area contributed by atoms with Crippen molar-refractivity contribution in [2.45, 2.75) is 6.54 Å². The van der Waals surface area contributed by atoms with E-state index in [0.717, 1.165) is 10.0 Å². The van der Waals surface area contributed by atoms with Crippen molar-refractivity contribution in [3.05, 3.63) is 63.1 Å². The van der Waals surface area contributed by atoms with E-state index in [1.54, 1.807) is 30.1 Å². The van der Waals surface area contributed by atoms with Crippen LogP contribution < -0.4 is 5.73 Å². The second-order valence-corrected chi connectivity index (χ2v) is 5.91. The number of carbonyl (C=O) groups excluding carboxylic acids is 1. The molecule has 0 aliphatic carbocycles. The lowest BCUT2D eigenvalue weighted by Crippen LogP contribution is -2.26. The van der Waals surface area contributed by atoms with Gasteiger partial charge in [0.1, 0.15) is 0 Å². The van der Waals surface area contributed by atoms with E-state index in [9.17, 15) is 4.79 Å². The van der Waals surface area contributed by atoms with Gasteiger partial charge in [0.05, 0.1) is 0 Å². The Morgan fingerprint density at radius 2 is 1.90 bits per heavy atom. The maximum Gasteiger partial charge on any atom is 0.253 e. The van der Waals surface area contributed by atoms with Gasteiger partial charge in [-0.2, -0.15) is 0 Å². The third kappa shape index (κ3) is 3.74. The SMILES string of the molecule is CN(Cc1ccc(N)cc1)C(=O)c1cc(Cl)cc(Br)c1. The lowest BCUT2D eigenvalue weighted by Gasteiger charge is -2.17. The van der Waals surface area contributed by atoms with Crippen LogP contribution in [0, 0.1) is 0 Å². The zero-order valence-corrected chi connectivity index (χ0v) is 13.3. The number of rotatable bonds is 3. The summed E-state index contributed by atoms with van der Waals surface area (Å²) in [6.45, 7) is 0.517. The summed E-state index contributed by atoms with van der Waals surface area (Å²) in [5.74, 6) is -0.0787. The van der Waals surface area contributed by atoms with Gasteiger partial charge in [0, 0.05) is 34.3 Å². The van der Waals surface area contributed by atoms with E-state index in [0.29, 0.717) is 22.8 Å². The molecule has 0 aliphatic heterocycles. The van der Waals surface area contributed by atoms with Crippen LogP contribution in [-0.4, -0.2) is 17.9 Å². The van der Waals surface area contributed by atoms with Crippen molar-refractivity contribution >= 4 is 39.1 Å². The molecule has 0 radical (unpaired) electrons. The summed E-state index contributed by atoms with van der Waals surface area (Å²) in [6.07, 6.45) is 0. The second-order valence-electron chi connectivity index (χ2n) is 4.56. The summed E-state index contributed by atoms with van der Waals surface area (Å²) >= 11 is 9.30. The van der Waals surface area contributed by atoms with Gasteiger partial charge < -0.3 is 10.6 Å². The average Bonchev–Trinajstić information content (AvgIpc) is 2.39. The molecule has 5 heteroatoms. The first kappa shape index (κ1) is 14.9. The van der Waals surface area contributed by atoms with Crippen molar-refractivity contribution in [3.63, 3.8) is 0 Å². The molecule has 0 aliphatic rings. The lowest BCUT2D eigenvalue weighted by atomic mass is 10.1. The zero-order chi connectivity index (χ0) is 14.7. The van der Waals surface area contributed by atoms with Gasteiger partial charge in [-0.3, -0.25) is 4.79 Å². The molecule has 2 aromatic carbocycles. The average molecular weight is 354 g/mol. The molecule has 0 aromatic heterocycles. The summed E-state index contributed by atoms with van der Waals surface area (Å²) in [5.41, 5.74) is 7.93. The number of nitrogens with two attached hydrogens (primary N) is 1. The quantitative estimate of drug-likeness (QED) is 0.849. The van der Waals surface area contributed by atoms with E-state index in [1.165, 1.54) is 0 Å². The van der Waals surface area contributed by atoms with Crippen LogP contribution in [0.5, 0.6) is 0 Å². The number of amides is 1. The molecular formula is C15H14BrClN2O. The Balaban J connectivity index is 2.14. The Morgan fingerprint density at radius 3 is 2.50 bits per heavy atom. The highest BCUT2D eigenvalue weighted by molar-refractivity contribution is 9.10. The first-order chi connectivity index (χ1) is 9.45. The number of hydrogen-bond donors (Lipinski definition) is 1. The third-order valence-electron chi connectivity index (χ3n) is 2.86. The van der Waals surface area contributed by atoms with E-state index in [4.69, 9.17) is 17.3 Å². The Morgan fingerprint density at radius 1 is 1.25 bits per heavy atom. The highest BCUT2D eigenvalue weighted by Gasteiger charge is 2.13. The van der Waals surface area contributed by atoms with Crippen molar-refractivity contribution in [1.29, 1.82) is 0 Å². The first-order valence-corrected chi connectivity index (χ1v) is 7.19. The van der Waals surface area contributed by atoms with Crippen molar-refractivity contribution in [1.82, 2.24) is 4.90 Å². The molecule has 1 amide bonds. The number of nitrogen functional groups attached to an aromatic ring is 1. The standard InChI is InChI=1S/C15H14BrClN2O/c1-19(9-10-2-4-14(18)5-3-10)15(20)11-6-12(16)8-13(17)7-11/h2-8H,9,18H2,1H3. The maximum absolute atomic E-state index is 12.3. The van der Waals surface area contributed by atoms with Crippen molar-refractivity contribution in [2.24, 2.45) is 0 Å². The number of anilines is 1. The van der Waals surface area contributed by atoms with Crippen LogP contribution in [0.1, 0.15) is 15.9 Å². The Bertz CT molecular complexity index is 608. The van der Waals surface area contributed by atoms with Gasteiger partial charge in [-0.1, -0.05) is 39.7 Å². The van der Waals surface area contributed by atoms with Crippen molar-refractivity contribution in [3.8, 4) is 0 Å². The molecule has 0 saturated heterocycles. The van der Waals surface area contributed by atoms with Gasteiger partial charge in [-0.05, 0) is 35.9 Å². The molecule has 104 valence electrons. The van der Waals surface area contributed by atoms with E-state index < -0.39 is 0 Å². The summed E-state index contributed by atoms with van der Waals surface area (Å²) in [7, 11) is 1.76. The Hall–Kier alpha value is -1.52. The van der Waals surface area contributed by atoms with Crippen LogP contribution in [0.4, 0.5) is 5.69 Å². The van der Waals surface area contributed by atoms with Gasteiger partial charge in [-0.15, -0.1) is 0 Å². The van der Waals surface area contributed by atoms with E-state index in [2.05, 4.69) is 15.9 Å². The minimum absolute atomic E-state index is 0.0787. The molecule has 2 aromatic rings. The third-order valence-corrected chi connectivity index (χ3v) is 3.53. The summed E-state index contributed by atoms with van der Waals surface area (Å²) < 4.78 is 0.786. The molecule has 2 rings (SSSR count). The molecule has 20 heavy (non-hydrogen) atoms. The molecule has 0 heterocycles. The number of halogens is 2. The van der Waals surface area contributed by atoms with Crippen LogP contribution in [-0.2, 0) is 6.54 Å². The van der Waals surface area contributed by atoms with Crippen LogP contribution >= 0.6 is 27.5 Å². The highest BCUT2D eigenvalue weighted by atomic mass is 79.9. The van der Waals surface area contributed by atoms with Gasteiger partial charge in [0.2, 0.25) is 0 Å². The number of nitrogens with zero attached hydrogens (tertiary/aromatic N) is 1. The highest BCUT2D eigenvalue weighted by Crippen LogP contribution is 2.21. The van der Waals surface area contributed by atoms with E-state index >= 15 is 0 Å². The molecule has 0 fully saturated rings. The normalized spacial score (nSPS) is 10.3. The predicted molar refractivity (Wildman–Crippen MR) is 85.8 cm³/mol. The zero-order valence-electron chi connectivity index (χ0n) is 10.9. The molecular weight excluding hydrogens is 340 g/mol. The number of hydrogen-bond acceptors (Lipinski definition) is 2. The largest absolute Gasteiger partial charge is 0.399 e. The van der Waals surface area contributed by atoms with Gasteiger partial charge >= 0.3 is 0 Å². The van der Waals surface area contributed by atoms with Gasteiger partial charge in [-0.25, -0.2) is 0 Å². The number of carbonyl (C=O) groups is 1. The van der Waals surface area contributed by atoms with Crippen molar-refractivity contribution < 1.29 is 4.79 Å². The molecule has 0 atom stereocenters. The minimum atomic E-state index is -0.0787. The molecule has 0 saturated carbocycles. The van der Waals surface area contributed by atoms with Crippen LogP contribution in [0.25, 0.3) is 0 Å². The fraction of sp³-hybridized carbons (Fsp3) is 0.133. The van der Waals surface area contributed by atoms with Crippen molar-refractivity contribution in [2.75, 3.05) is 12.8 Å².